The van der Waals surface area contributed by atoms with Crippen LogP contribution in [0.4, 0.5) is 5.69 Å². The molecule has 8 nitrogen and oxygen atoms in total. The number of likely N-dealkylation sites (tertiary alicyclic amines) is 1. The molecule has 2 aliphatic heterocycles. The average molecular weight is 450 g/mol. The third-order valence-corrected chi connectivity index (χ3v) is 5.94. The van der Waals surface area contributed by atoms with Crippen molar-refractivity contribution in [3.05, 3.63) is 53.6 Å². The molecule has 0 aromatic heterocycles. The highest BCUT2D eigenvalue weighted by molar-refractivity contribution is 5.99. The number of ether oxygens (including phenoxy) is 2. The molecule has 0 atom stereocenters. The van der Waals surface area contributed by atoms with Crippen molar-refractivity contribution in [3.63, 3.8) is 0 Å². The zero-order valence-corrected chi connectivity index (χ0v) is 18.7. The quantitative estimate of drug-likeness (QED) is 0.525. The number of rotatable bonds is 4. The maximum atomic E-state index is 13.2. The number of para-hydroxylation sites is 1. The molecule has 33 heavy (non-hydrogen) atoms. The van der Waals surface area contributed by atoms with Crippen LogP contribution in [0.1, 0.15) is 49.0 Å². The van der Waals surface area contributed by atoms with Crippen molar-refractivity contribution in [2.75, 3.05) is 18.0 Å². The van der Waals surface area contributed by atoms with E-state index in [1.54, 1.807) is 4.90 Å². The fourth-order valence-corrected chi connectivity index (χ4v) is 4.50. The number of anilines is 1. The van der Waals surface area contributed by atoms with Gasteiger partial charge in [0, 0.05) is 51.2 Å². The summed E-state index contributed by atoms with van der Waals surface area (Å²) in [6.07, 6.45) is 2.56. The maximum absolute atomic E-state index is 13.2. The van der Waals surface area contributed by atoms with Gasteiger partial charge in [-0.3, -0.25) is 19.2 Å². The smallest absolute Gasteiger partial charge is 0.308 e. The highest BCUT2D eigenvalue weighted by Crippen LogP contribution is 2.33. The largest absolute Gasteiger partial charge is 0.427 e. The van der Waals surface area contributed by atoms with Crippen molar-refractivity contribution in [2.24, 2.45) is 0 Å². The molecule has 0 N–H and O–H groups in total. The summed E-state index contributed by atoms with van der Waals surface area (Å²) in [4.78, 5) is 52.3. The number of fused-ring (bicyclic) bond motifs is 1. The van der Waals surface area contributed by atoms with Crippen LogP contribution >= 0.6 is 0 Å². The minimum Gasteiger partial charge on any atom is -0.427 e. The molecule has 0 bridgehead atoms. The normalized spacial score (nSPS) is 16.2. The lowest BCUT2D eigenvalue weighted by molar-refractivity contribution is -0.132. The number of amides is 2. The fourth-order valence-electron chi connectivity index (χ4n) is 4.50. The molecule has 0 unspecified atom stereocenters. The zero-order valence-electron chi connectivity index (χ0n) is 18.7. The first kappa shape index (κ1) is 22.5. The van der Waals surface area contributed by atoms with E-state index in [1.807, 2.05) is 23.1 Å². The summed E-state index contributed by atoms with van der Waals surface area (Å²) in [5.74, 6) is -1.00. The first-order valence-corrected chi connectivity index (χ1v) is 11.0. The summed E-state index contributed by atoms with van der Waals surface area (Å²) in [5.41, 5.74) is 2.37. The number of carbonyl (C=O) groups excluding carboxylic acids is 4. The lowest BCUT2D eigenvalue weighted by Crippen LogP contribution is -2.50. The Morgan fingerprint density at radius 3 is 2.30 bits per heavy atom. The number of hydrogen-bond donors (Lipinski definition) is 0. The molecule has 8 heteroatoms. The van der Waals surface area contributed by atoms with E-state index < -0.39 is 11.9 Å². The third kappa shape index (κ3) is 4.89. The fraction of sp³-hybridized carbons (Fsp3) is 0.360. The molecule has 4 rings (SSSR count). The topological polar surface area (TPSA) is 93.2 Å². The molecule has 1 fully saturated rings. The van der Waals surface area contributed by atoms with E-state index in [0.717, 1.165) is 12.1 Å². The molecule has 2 heterocycles. The van der Waals surface area contributed by atoms with Crippen LogP contribution in [0.15, 0.2) is 42.5 Å². The van der Waals surface area contributed by atoms with Crippen LogP contribution in [-0.4, -0.2) is 47.8 Å². The van der Waals surface area contributed by atoms with Gasteiger partial charge in [-0.2, -0.15) is 0 Å². The number of hydrogen-bond acceptors (Lipinski definition) is 6. The van der Waals surface area contributed by atoms with Gasteiger partial charge in [-0.05, 0) is 43.0 Å². The van der Waals surface area contributed by atoms with Crippen molar-refractivity contribution in [1.82, 2.24) is 4.90 Å². The van der Waals surface area contributed by atoms with Crippen LogP contribution in [0.3, 0.4) is 0 Å². The predicted molar refractivity (Wildman–Crippen MR) is 120 cm³/mol. The number of benzene rings is 2. The monoisotopic (exact) mass is 450 g/mol. The Morgan fingerprint density at radius 2 is 1.61 bits per heavy atom. The van der Waals surface area contributed by atoms with Crippen LogP contribution in [-0.2, 0) is 20.8 Å². The van der Waals surface area contributed by atoms with Gasteiger partial charge >= 0.3 is 11.9 Å². The van der Waals surface area contributed by atoms with E-state index in [4.69, 9.17) is 9.47 Å². The number of aryl methyl sites for hydroxylation is 1. The summed E-state index contributed by atoms with van der Waals surface area (Å²) in [5, 5.41) is 0. The van der Waals surface area contributed by atoms with Crippen molar-refractivity contribution < 1.29 is 28.7 Å². The lowest BCUT2D eigenvalue weighted by atomic mass is 9.95. The van der Waals surface area contributed by atoms with E-state index in [0.29, 0.717) is 32.4 Å². The molecular weight excluding hydrogens is 424 g/mol. The van der Waals surface area contributed by atoms with Crippen LogP contribution in [0, 0.1) is 0 Å². The molecule has 2 aliphatic rings. The first-order valence-electron chi connectivity index (χ1n) is 11.0. The Hall–Kier alpha value is -3.68. The van der Waals surface area contributed by atoms with E-state index in [1.165, 1.54) is 37.6 Å². The predicted octanol–water partition coefficient (Wildman–Crippen LogP) is 3.12. The second-order valence-corrected chi connectivity index (χ2v) is 8.26. The zero-order chi connectivity index (χ0) is 23.5. The van der Waals surface area contributed by atoms with Gasteiger partial charge in [0.25, 0.3) is 5.91 Å². The highest BCUT2D eigenvalue weighted by atomic mass is 16.5. The molecule has 0 radical (unpaired) electrons. The molecule has 0 saturated carbocycles. The summed E-state index contributed by atoms with van der Waals surface area (Å²) < 4.78 is 10.3. The van der Waals surface area contributed by atoms with Gasteiger partial charge in [0.1, 0.15) is 11.5 Å². The minimum atomic E-state index is -0.579. The number of carbonyl (C=O) groups is 4. The van der Waals surface area contributed by atoms with E-state index in [9.17, 15) is 19.2 Å². The summed E-state index contributed by atoms with van der Waals surface area (Å²) in [6, 6.07) is 12.4. The second kappa shape index (κ2) is 9.44. The van der Waals surface area contributed by atoms with Crippen LogP contribution in [0.2, 0.25) is 0 Å². The van der Waals surface area contributed by atoms with Gasteiger partial charge in [0.05, 0.1) is 5.56 Å². The van der Waals surface area contributed by atoms with Gasteiger partial charge in [-0.1, -0.05) is 18.2 Å². The average Bonchev–Trinajstić information content (AvgIpc) is 2.78. The van der Waals surface area contributed by atoms with Crippen LogP contribution in [0.25, 0.3) is 0 Å². The molecule has 1 saturated heterocycles. The molecule has 172 valence electrons. The van der Waals surface area contributed by atoms with Gasteiger partial charge in [0.2, 0.25) is 5.91 Å². The van der Waals surface area contributed by atoms with Gasteiger partial charge < -0.3 is 19.3 Å². The van der Waals surface area contributed by atoms with Crippen LogP contribution < -0.4 is 14.4 Å². The number of esters is 2. The number of nitrogens with zero attached hydrogens (tertiary/aromatic N) is 2. The maximum Gasteiger partial charge on any atom is 0.308 e. The summed E-state index contributed by atoms with van der Waals surface area (Å²) in [7, 11) is 0. The third-order valence-electron chi connectivity index (χ3n) is 5.94. The molecule has 0 aliphatic carbocycles. The van der Waals surface area contributed by atoms with Crippen LogP contribution in [0.5, 0.6) is 11.5 Å². The van der Waals surface area contributed by atoms with Crippen molar-refractivity contribution in [2.45, 2.75) is 45.6 Å². The Labute approximate surface area is 192 Å². The SMILES string of the molecule is CC(=O)Oc1ccc(C(=O)N2CCC(N3C(=O)CCc4ccccc43)CC2)c(OC(C)=O)c1. The van der Waals surface area contributed by atoms with Gasteiger partial charge in [-0.25, -0.2) is 0 Å². The summed E-state index contributed by atoms with van der Waals surface area (Å²) >= 11 is 0. The standard InChI is InChI=1S/C25H26N2O6/c1-16(28)32-20-8-9-21(23(15-20)33-17(2)29)25(31)26-13-11-19(12-14-26)27-22-6-4-3-5-18(22)7-10-24(27)30/h3-6,8-9,15,19H,7,10-14H2,1-2H3. The highest BCUT2D eigenvalue weighted by Gasteiger charge is 2.34. The van der Waals surface area contributed by atoms with Crippen molar-refractivity contribution in [3.8, 4) is 11.5 Å². The first-order chi connectivity index (χ1) is 15.8. The Balaban J connectivity index is 1.49. The van der Waals surface area contributed by atoms with Crippen molar-refractivity contribution in [1.29, 1.82) is 0 Å². The number of piperidine rings is 1. The Morgan fingerprint density at radius 1 is 0.909 bits per heavy atom. The summed E-state index contributed by atoms with van der Waals surface area (Å²) in [6.45, 7) is 3.45. The molecule has 2 aromatic carbocycles. The molecular formula is C25H26N2O6. The molecule has 2 amide bonds. The lowest BCUT2D eigenvalue weighted by Gasteiger charge is -2.41. The Kier molecular flexibility index (Phi) is 6.44. The van der Waals surface area contributed by atoms with Gasteiger partial charge in [-0.15, -0.1) is 0 Å². The van der Waals surface area contributed by atoms with E-state index in [-0.39, 0.29) is 34.9 Å². The minimum absolute atomic E-state index is 0.0299. The van der Waals surface area contributed by atoms with Crippen molar-refractivity contribution >= 4 is 29.4 Å². The van der Waals surface area contributed by atoms with E-state index >= 15 is 0 Å². The second-order valence-electron chi connectivity index (χ2n) is 8.26. The molecule has 0 spiro atoms. The Bertz CT molecular complexity index is 1100. The molecule has 2 aromatic rings. The van der Waals surface area contributed by atoms with E-state index in [2.05, 4.69) is 6.07 Å². The van der Waals surface area contributed by atoms with Gasteiger partial charge in [0.15, 0.2) is 0 Å².